The zero-order valence-electron chi connectivity index (χ0n) is 11.2. The van der Waals surface area contributed by atoms with E-state index in [0.29, 0.717) is 12.6 Å². The minimum atomic E-state index is 0.0138. The molecule has 100 valence electrons. The van der Waals surface area contributed by atoms with E-state index < -0.39 is 0 Å². The molecule has 1 aliphatic carbocycles. The van der Waals surface area contributed by atoms with E-state index in [9.17, 15) is 4.79 Å². The van der Waals surface area contributed by atoms with Crippen molar-refractivity contribution in [1.29, 1.82) is 0 Å². The topological polar surface area (TPSA) is 54.1 Å². The van der Waals surface area contributed by atoms with E-state index >= 15 is 0 Å². The van der Waals surface area contributed by atoms with Crippen LogP contribution in [-0.2, 0) is 0 Å². The summed E-state index contributed by atoms with van der Waals surface area (Å²) in [5.41, 5.74) is 2.62. The van der Waals surface area contributed by atoms with Crippen molar-refractivity contribution in [3.63, 3.8) is 0 Å². The smallest absolute Gasteiger partial charge is 0.253 e. The molecule has 0 bridgehead atoms. The molecule has 2 aromatic rings. The lowest BCUT2D eigenvalue weighted by Crippen LogP contribution is -2.25. The number of ether oxygens (including phenoxy) is 1. The first-order chi connectivity index (χ1) is 9.19. The molecule has 1 aliphatic rings. The van der Waals surface area contributed by atoms with Gasteiger partial charge in [-0.2, -0.15) is 0 Å². The number of carbonyl (C=O) groups is 1. The summed E-state index contributed by atoms with van der Waals surface area (Å²) in [4.78, 5) is 15.5. The molecule has 0 radical (unpaired) electrons. The van der Waals surface area contributed by atoms with Gasteiger partial charge in [0.2, 0.25) is 0 Å². The average Bonchev–Trinajstić information content (AvgIpc) is 3.10. The molecular formula is C15H18N2O2. The van der Waals surface area contributed by atoms with Gasteiger partial charge >= 0.3 is 0 Å². The predicted molar refractivity (Wildman–Crippen MR) is 74.7 cm³/mol. The molecule has 1 heterocycles. The van der Waals surface area contributed by atoms with Crippen LogP contribution >= 0.6 is 0 Å². The summed E-state index contributed by atoms with van der Waals surface area (Å²) in [5, 5.41) is 3.97. The number of aromatic nitrogens is 1. The molecule has 1 fully saturated rings. The number of benzene rings is 1. The Morgan fingerprint density at radius 3 is 2.95 bits per heavy atom. The van der Waals surface area contributed by atoms with Gasteiger partial charge in [0.1, 0.15) is 5.75 Å². The number of aryl methyl sites for hydroxylation is 1. The Bertz CT molecular complexity index is 626. The van der Waals surface area contributed by atoms with Crippen LogP contribution in [-0.4, -0.2) is 23.5 Å². The maximum atomic E-state index is 12.3. The second-order valence-electron chi connectivity index (χ2n) is 5.01. The Labute approximate surface area is 112 Å². The highest BCUT2D eigenvalue weighted by Crippen LogP contribution is 2.27. The van der Waals surface area contributed by atoms with E-state index in [1.807, 2.05) is 32.0 Å². The molecule has 1 aromatic carbocycles. The van der Waals surface area contributed by atoms with Gasteiger partial charge in [-0.15, -0.1) is 0 Å². The van der Waals surface area contributed by atoms with Crippen molar-refractivity contribution in [1.82, 2.24) is 10.3 Å². The van der Waals surface area contributed by atoms with E-state index in [0.717, 1.165) is 40.8 Å². The maximum absolute atomic E-state index is 12.3. The summed E-state index contributed by atoms with van der Waals surface area (Å²) in [7, 11) is 0. The van der Waals surface area contributed by atoms with Crippen LogP contribution in [0, 0.1) is 6.92 Å². The third kappa shape index (κ3) is 2.30. The van der Waals surface area contributed by atoms with Gasteiger partial charge in [-0.3, -0.25) is 4.79 Å². The first-order valence-corrected chi connectivity index (χ1v) is 6.75. The molecule has 4 nitrogen and oxygen atoms in total. The van der Waals surface area contributed by atoms with Crippen LogP contribution in [0.1, 0.15) is 35.8 Å². The third-order valence-electron chi connectivity index (χ3n) is 3.41. The van der Waals surface area contributed by atoms with Gasteiger partial charge in [0.15, 0.2) is 0 Å². The van der Waals surface area contributed by atoms with Crippen LogP contribution in [0.4, 0.5) is 0 Å². The fraction of sp³-hybridized carbons (Fsp3) is 0.400. The van der Waals surface area contributed by atoms with Crippen molar-refractivity contribution in [2.24, 2.45) is 0 Å². The van der Waals surface area contributed by atoms with E-state index in [1.54, 1.807) is 0 Å². The van der Waals surface area contributed by atoms with Gasteiger partial charge in [0.25, 0.3) is 5.91 Å². The second kappa shape index (κ2) is 4.61. The number of carbonyl (C=O) groups excluding carboxylic acids is 1. The van der Waals surface area contributed by atoms with Crippen molar-refractivity contribution in [2.75, 3.05) is 6.61 Å². The highest BCUT2D eigenvalue weighted by molar-refractivity contribution is 6.08. The van der Waals surface area contributed by atoms with E-state index in [1.165, 1.54) is 0 Å². The fourth-order valence-electron chi connectivity index (χ4n) is 2.34. The summed E-state index contributed by atoms with van der Waals surface area (Å²) in [6.45, 7) is 4.51. The Hall–Kier alpha value is -1.97. The molecule has 2 N–H and O–H groups in total. The first-order valence-electron chi connectivity index (χ1n) is 6.75. The maximum Gasteiger partial charge on any atom is 0.253 e. The van der Waals surface area contributed by atoms with Gasteiger partial charge in [0.05, 0.1) is 12.2 Å². The average molecular weight is 258 g/mol. The van der Waals surface area contributed by atoms with Gasteiger partial charge in [-0.05, 0) is 44.9 Å². The summed E-state index contributed by atoms with van der Waals surface area (Å²) in [6.07, 6.45) is 2.19. The molecule has 0 aliphatic heterocycles. The number of aromatic amines is 1. The van der Waals surface area contributed by atoms with Crippen LogP contribution in [0.5, 0.6) is 5.75 Å². The van der Waals surface area contributed by atoms with Gasteiger partial charge in [-0.1, -0.05) is 0 Å². The highest BCUT2D eigenvalue weighted by Gasteiger charge is 2.26. The Morgan fingerprint density at radius 1 is 1.47 bits per heavy atom. The van der Waals surface area contributed by atoms with E-state index in [4.69, 9.17) is 4.74 Å². The molecule has 1 saturated carbocycles. The molecule has 1 amide bonds. The molecule has 19 heavy (non-hydrogen) atoms. The van der Waals surface area contributed by atoms with Crippen molar-refractivity contribution < 1.29 is 9.53 Å². The summed E-state index contributed by atoms with van der Waals surface area (Å²) >= 11 is 0. The molecule has 1 aromatic heterocycles. The van der Waals surface area contributed by atoms with Gasteiger partial charge in [0, 0.05) is 22.6 Å². The second-order valence-corrected chi connectivity index (χ2v) is 5.01. The Morgan fingerprint density at radius 2 is 2.26 bits per heavy atom. The molecule has 3 rings (SSSR count). The number of fused-ring (bicyclic) bond motifs is 1. The summed E-state index contributed by atoms with van der Waals surface area (Å²) in [6, 6.07) is 6.18. The fourth-order valence-corrected chi connectivity index (χ4v) is 2.34. The number of hydrogen-bond donors (Lipinski definition) is 2. The van der Waals surface area contributed by atoms with Gasteiger partial charge < -0.3 is 15.0 Å². The SMILES string of the molecule is CCOc1ccc2[nH]c(C)c(C(=O)NC3CC3)c2c1. The minimum Gasteiger partial charge on any atom is -0.494 e. The third-order valence-corrected chi connectivity index (χ3v) is 3.41. The van der Waals surface area contributed by atoms with E-state index in [2.05, 4.69) is 10.3 Å². The Kier molecular flexibility index (Phi) is 2.93. The van der Waals surface area contributed by atoms with Crippen LogP contribution in [0.2, 0.25) is 0 Å². The number of hydrogen-bond acceptors (Lipinski definition) is 2. The largest absolute Gasteiger partial charge is 0.494 e. The predicted octanol–water partition coefficient (Wildman–Crippen LogP) is 2.77. The highest BCUT2D eigenvalue weighted by atomic mass is 16.5. The van der Waals surface area contributed by atoms with Crippen molar-refractivity contribution >= 4 is 16.8 Å². The monoisotopic (exact) mass is 258 g/mol. The molecule has 0 atom stereocenters. The van der Waals surface area contributed by atoms with Crippen LogP contribution < -0.4 is 10.1 Å². The number of nitrogens with one attached hydrogen (secondary N) is 2. The summed E-state index contributed by atoms with van der Waals surface area (Å²) < 4.78 is 5.51. The summed E-state index contributed by atoms with van der Waals surface area (Å²) in [5.74, 6) is 0.814. The molecular weight excluding hydrogens is 240 g/mol. The lowest BCUT2D eigenvalue weighted by molar-refractivity contribution is 0.0952. The molecule has 0 saturated heterocycles. The molecule has 0 unspecified atom stereocenters. The van der Waals surface area contributed by atoms with Crippen molar-refractivity contribution in [3.8, 4) is 5.75 Å². The van der Waals surface area contributed by atoms with Crippen molar-refractivity contribution in [3.05, 3.63) is 29.5 Å². The standard InChI is InChI=1S/C15H18N2O2/c1-3-19-11-6-7-13-12(8-11)14(9(2)16-13)15(18)17-10-4-5-10/h6-8,10,16H,3-5H2,1-2H3,(H,17,18). The molecule has 4 heteroatoms. The Balaban J connectivity index is 2.02. The van der Waals surface area contributed by atoms with Gasteiger partial charge in [-0.25, -0.2) is 0 Å². The quantitative estimate of drug-likeness (QED) is 0.886. The lowest BCUT2D eigenvalue weighted by atomic mass is 10.1. The number of amides is 1. The number of H-pyrrole nitrogens is 1. The minimum absolute atomic E-state index is 0.0138. The number of rotatable bonds is 4. The molecule has 0 spiro atoms. The van der Waals surface area contributed by atoms with Crippen LogP contribution in [0.3, 0.4) is 0 Å². The zero-order chi connectivity index (χ0) is 13.4. The lowest BCUT2D eigenvalue weighted by Gasteiger charge is -2.05. The van der Waals surface area contributed by atoms with Crippen LogP contribution in [0.15, 0.2) is 18.2 Å². The first kappa shape index (κ1) is 12.1. The van der Waals surface area contributed by atoms with Crippen LogP contribution in [0.25, 0.3) is 10.9 Å². The normalized spacial score (nSPS) is 14.6. The zero-order valence-corrected chi connectivity index (χ0v) is 11.2. The van der Waals surface area contributed by atoms with Crippen molar-refractivity contribution in [2.45, 2.75) is 32.7 Å². The van der Waals surface area contributed by atoms with E-state index in [-0.39, 0.29) is 5.91 Å².